The summed E-state index contributed by atoms with van der Waals surface area (Å²) < 4.78 is 14.4. The minimum atomic E-state index is 0. The van der Waals surface area contributed by atoms with Crippen molar-refractivity contribution in [2.75, 3.05) is 20.0 Å². The third-order valence-electron chi connectivity index (χ3n) is 0.857. The Bertz CT molecular complexity index is 68.8. The molecule has 1 rings (SSSR count). The van der Waals surface area contributed by atoms with Crippen LogP contribution in [0.15, 0.2) is 0 Å². The Kier molecular flexibility index (Phi) is 5.19. The van der Waals surface area contributed by atoms with Crippen molar-refractivity contribution in [2.24, 2.45) is 0 Å². The summed E-state index contributed by atoms with van der Waals surface area (Å²) in [6.45, 7) is 1.84. The monoisotopic (exact) mass is 156 g/mol. The average Bonchev–Trinajstić information content (AvgIpc) is 2.51. The minimum Gasteiger partial charge on any atom is -0.371 e. The molecule has 1 saturated heterocycles. The van der Waals surface area contributed by atoms with E-state index >= 15 is 0 Å². The first-order valence-corrected chi connectivity index (χ1v) is 2.91. The van der Waals surface area contributed by atoms with E-state index in [0.29, 0.717) is 19.5 Å². The van der Waals surface area contributed by atoms with E-state index in [4.69, 9.17) is 9.47 Å². The predicted octanol–water partition coefficient (Wildman–Crippen LogP) is 0.319. The highest BCUT2D eigenvalue weighted by molar-refractivity contribution is 7.09. The van der Waals surface area contributed by atoms with Gasteiger partial charge in [-0.05, 0) is 0 Å². The second-order valence-corrected chi connectivity index (χ2v) is 1.94. The molecule has 5 heteroatoms. The van der Waals surface area contributed by atoms with Gasteiger partial charge in [-0.1, -0.05) is 0 Å². The average molecular weight is 156 g/mol. The van der Waals surface area contributed by atoms with E-state index in [1.807, 2.05) is 0 Å². The van der Waals surface area contributed by atoms with Crippen LogP contribution < -0.4 is 0 Å². The standard InChI is InChI=1S/C4H9O3P.FH/c8-7-3-5-1-4-2-6-4;/h4H,1-3,8H2;1H. The maximum atomic E-state index is 4.94. The summed E-state index contributed by atoms with van der Waals surface area (Å²) in [5.41, 5.74) is 0. The van der Waals surface area contributed by atoms with Gasteiger partial charge in [-0.2, -0.15) is 0 Å². The number of epoxide rings is 1. The fraction of sp³-hybridized carbons (Fsp3) is 1.00. The van der Waals surface area contributed by atoms with Crippen LogP contribution in [0, 0.1) is 0 Å². The Hall–Kier alpha value is 0.240. The summed E-state index contributed by atoms with van der Waals surface area (Å²) in [5.74, 6) is 0. The first-order valence-electron chi connectivity index (χ1n) is 2.44. The van der Waals surface area contributed by atoms with Crippen molar-refractivity contribution in [3.05, 3.63) is 0 Å². The number of halogens is 1. The zero-order chi connectivity index (χ0) is 5.82. The molecular formula is C4H10FO3P. The lowest BCUT2D eigenvalue weighted by molar-refractivity contribution is 0.0190. The first kappa shape index (κ1) is 9.24. The highest BCUT2D eigenvalue weighted by atomic mass is 31.0. The highest BCUT2D eigenvalue weighted by Gasteiger charge is 2.21. The second kappa shape index (κ2) is 5.06. The van der Waals surface area contributed by atoms with Crippen LogP contribution >= 0.6 is 9.47 Å². The Balaban J connectivity index is 0.000000640. The van der Waals surface area contributed by atoms with Crippen molar-refractivity contribution >= 4 is 9.47 Å². The van der Waals surface area contributed by atoms with Gasteiger partial charge in [0.25, 0.3) is 0 Å². The molecule has 1 heterocycles. The Morgan fingerprint density at radius 3 is 2.78 bits per heavy atom. The molecule has 0 bridgehead atoms. The molecule has 0 N–H and O–H groups in total. The van der Waals surface area contributed by atoms with Gasteiger partial charge in [-0.3, -0.25) is 4.70 Å². The molecule has 0 radical (unpaired) electrons. The van der Waals surface area contributed by atoms with E-state index in [9.17, 15) is 0 Å². The summed E-state index contributed by atoms with van der Waals surface area (Å²) in [5, 5.41) is 0. The van der Waals surface area contributed by atoms with Gasteiger partial charge in [0, 0.05) is 9.47 Å². The fourth-order valence-electron chi connectivity index (χ4n) is 0.392. The largest absolute Gasteiger partial charge is 0.371 e. The summed E-state index contributed by atoms with van der Waals surface area (Å²) >= 11 is 0. The SMILES string of the molecule is F.POCOCC1CO1. The fourth-order valence-corrected chi connectivity index (χ4v) is 0.488. The third kappa shape index (κ3) is 4.73. The maximum absolute atomic E-state index is 4.94. The van der Waals surface area contributed by atoms with Gasteiger partial charge < -0.3 is 14.0 Å². The van der Waals surface area contributed by atoms with Crippen molar-refractivity contribution in [2.45, 2.75) is 6.10 Å². The molecule has 3 nitrogen and oxygen atoms in total. The van der Waals surface area contributed by atoms with Crippen LogP contribution in [0.3, 0.4) is 0 Å². The Morgan fingerprint density at radius 2 is 2.33 bits per heavy atom. The lowest BCUT2D eigenvalue weighted by Crippen LogP contribution is -2.01. The summed E-state index contributed by atoms with van der Waals surface area (Å²) in [6, 6.07) is 0. The number of ether oxygens (including phenoxy) is 2. The van der Waals surface area contributed by atoms with Gasteiger partial charge >= 0.3 is 0 Å². The lowest BCUT2D eigenvalue weighted by Gasteiger charge is -1.96. The van der Waals surface area contributed by atoms with Crippen molar-refractivity contribution in [3.8, 4) is 0 Å². The summed E-state index contributed by atoms with van der Waals surface area (Å²) in [7, 11) is 2.12. The van der Waals surface area contributed by atoms with E-state index in [0.717, 1.165) is 6.61 Å². The van der Waals surface area contributed by atoms with E-state index in [2.05, 4.69) is 14.0 Å². The minimum absolute atomic E-state index is 0. The third-order valence-corrected chi connectivity index (χ3v) is 0.994. The maximum Gasteiger partial charge on any atom is 0.149 e. The molecule has 0 aliphatic carbocycles. The Labute approximate surface area is 55.3 Å². The number of hydrogen-bond acceptors (Lipinski definition) is 3. The molecule has 56 valence electrons. The smallest absolute Gasteiger partial charge is 0.149 e. The molecule has 0 spiro atoms. The normalized spacial score (nSPS) is 23.0. The van der Waals surface area contributed by atoms with Crippen LogP contribution in [0.1, 0.15) is 0 Å². The molecule has 0 aromatic carbocycles. The van der Waals surface area contributed by atoms with Crippen LogP contribution in [-0.4, -0.2) is 26.1 Å². The highest BCUT2D eigenvalue weighted by Crippen LogP contribution is 2.08. The van der Waals surface area contributed by atoms with Gasteiger partial charge in [-0.25, -0.2) is 0 Å². The first-order chi connectivity index (χ1) is 3.93. The van der Waals surface area contributed by atoms with Gasteiger partial charge in [0.1, 0.15) is 12.9 Å². The number of hydrogen-bond donors (Lipinski definition) is 0. The number of rotatable bonds is 4. The molecule has 1 fully saturated rings. The molecular weight excluding hydrogens is 146 g/mol. The summed E-state index contributed by atoms with van der Waals surface area (Å²) in [4.78, 5) is 0. The van der Waals surface area contributed by atoms with Gasteiger partial charge in [-0.15, -0.1) is 0 Å². The van der Waals surface area contributed by atoms with Crippen LogP contribution in [-0.2, 0) is 14.0 Å². The van der Waals surface area contributed by atoms with E-state index < -0.39 is 0 Å². The molecule has 0 aromatic heterocycles. The Morgan fingerprint density at radius 1 is 1.67 bits per heavy atom. The van der Waals surface area contributed by atoms with Crippen LogP contribution in [0.5, 0.6) is 0 Å². The van der Waals surface area contributed by atoms with Crippen molar-refractivity contribution in [1.29, 1.82) is 0 Å². The zero-order valence-electron chi connectivity index (χ0n) is 4.91. The molecule has 0 amide bonds. The molecule has 1 aliphatic rings. The topological polar surface area (TPSA) is 31.0 Å². The van der Waals surface area contributed by atoms with Crippen molar-refractivity contribution in [3.63, 3.8) is 0 Å². The van der Waals surface area contributed by atoms with Crippen LogP contribution in [0.25, 0.3) is 0 Å². The molecule has 1 aliphatic heterocycles. The molecule has 0 saturated carbocycles. The lowest BCUT2D eigenvalue weighted by atomic mass is 10.5. The zero-order valence-corrected chi connectivity index (χ0v) is 6.06. The quantitative estimate of drug-likeness (QED) is 0.254. The van der Waals surface area contributed by atoms with Crippen molar-refractivity contribution < 1.29 is 18.7 Å². The molecule has 2 unspecified atom stereocenters. The van der Waals surface area contributed by atoms with E-state index in [1.165, 1.54) is 0 Å². The van der Waals surface area contributed by atoms with E-state index in [-0.39, 0.29) is 4.70 Å². The molecule has 0 aromatic rings. The second-order valence-electron chi connectivity index (χ2n) is 1.61. The van der Waals surface area contributed by atoms with Crippen molar-refractivity contribution in [1.82, 2.24) is 0 Å². The van der Waals surface area contributed by atoms with Crippen LogP contribution in [0.4, 0.5) is 4.70 Å². The van der Waals surface area contributed by atoms with Crippen LogP contribution in [0.2, 0.25) is 0 Å². The van der Waals surface area contributed by atoms with E-state index in [1.54, 1.807) is 0 Å². The van der Waals surface area contributed by atoms with Gasteiger partial charge in [0.05, 0.1) is 13.2 Å². The van der Waals surface area contributed by atoms with Gasteiger partial charge in [0.2, 0.25) is 0 Å². The molecule has 2 atom stereocenters. The van der Waals surface area contributed by atoms with Gasteiger partial charge in [0.15, 0.2) is 0 Å². The summed E-state index contributed by atoms with van der Waals surface area (Å²) in [6.07, 6.45) is 0.343. The molecule has 9 heavy (non-hydrogen) atoms. The predicted molar refractivity (Wildman–Crippen MR) is 33.9 cm³/mol.